The predicted molar refractivity (Wildman–Crippen MR) is 197 cm³/mol. The number of nitrogens with one attached hydrogen (secondary N) is 1. The third-order valence-electron chi connectivity index (χ3n) is 11.0. The van der Waals surface area contributed by atoms with Crippen LogP contribution >= 0.6 is 11.6 Å². The number of carbonyl (C=O) groups is 2. The van der Waals surface area contributed by atoms with Crippen LogP contribution in [0.25, 0.3) is 0 Å². The molecule has 2 fully saturated rings. The number of likely N-dealkylation sites (N-methyl/N-ethyl adjacent to an activating group) is 3. The molecule has 3 aromatic rings. The number of piperazine rings is 1. The largest absolute Gasteiger partial charge is 0.573 e. The Hall–Kier alpha value is -4.13. The number of nitrogens with zero attached hydrogens (tertiary/aromatic N) is 4. The molecule has 3 aliphatic heterocycles. The number of likely N-dealkylation sites (tertiary alicyclic amines) is 1. The fraction of sp³-hybridized carbons (Fsp3) is 0.459. The molecule has 3 heterocycles. The summed E-state index contributed by atoms with van der Waals surface area (Å²) in [6.07, 6.45) is -6.00. The first-order chi connectivity index (χ1) is 25.9. The van der Waals surface area contributed by atoms with Crippen molar-refractivity contribution in [3.05, 3.63) is 76.3 Å². The third kappa shape index (κ3) is 7.10. The molecule has 0 bridgehead atoms. The molecule has 0 saturated carbocycles. The second-order valence-corrected chi connectivity index (χ2v) is 16.4. The Labute approximate surface area is 322 Å². The van der Waals surface area contributed by atoms with Crippen LogP contribution in [0, 0.1) is 0 Å². The Morgan fingerprint density at radius 1 is 1.02 bits per heavy atom. The molecule has 0 spiro atoms. The van der Waals surface area contributed by atoms with Crippen LogP contribution in [0.15, 0.2) is 59.5 Å². The van der Waals surface area contributed by atoms with Crippen molar-refractivity contribution >= 4 is 39.1 Å². The van der Waals surface area contributed by atoms with Gasteiger partial charge in [-0.25, -0.2) is 8.42 Å². The Morgan fingerprint density at radius 2 is 1.73 bits per heavy atom. The molecule has 13 nitrogen and oxygen atoms in total. The van der Waals surface area contributed by atoms with Crippen LogP contribution in [0.2, 0.25) is 5.02 Å². The molecule has 4 atom stereocenters. The first-order valence-corrected chi connectivity index (χ1v) is 19.4. The Bertz CT molecular complexity index is 2080. The van der Waals surface area contributed by atoms with Crippen LogP contribution in [0.3, 0.4) is 0 Å². The molecular weight excluding hydrogens is 767 g/mol. The number of methoxy groups -OCH3 is 2. The van der Waals surface area contributed by atoms with Crippen molar-refractivity contribution in [3.63, 3.8) is 0 Å². The van der Waals surface area contributed by atoms with E-state index in [-0.39, 0.29) is 46.3 Å². The first-order valence-electron chi connectivity index (χ1n) is 17.6. The lowest BCUT2D eigenvalue weighted by molar-refractivity contribution is -0.953. The van der Waals surface area contributed by atoms with Crippen LogP contribution in [0.5, 0.6) is 17.2 Å². The first kappa shape index (κ1) is 40.5. The highest BCUT2D eigenvalue weighted by molar-refractivity contribution is 7.93. The SMILES string of the molecule is CNC(=O)[C@@H]1C[C@@H](O)C[N+]1(C)C1(c2cc(CCN3CCN(C)CC3)ccc2OC)C(=O)N(S(=O)(=O)c2ccc(OC)cc2OC(F)(F)F)c2ccc(Cl)cc21. The van der Waals surface area contributed by atoms with Crippen molar-refractivity contribution in [1.82, 2.24) is 15.1 Å². The summed E-state index contributed by atoms with van der Waals surface area (Å²) in [5.74, 6) is -2.75. The molecule has 6 rings (SSSR count). The van der Waals surface area contributed by atoms with E-state index in [1.807, 2.05) is 6.07 Å². The quantitative estimate of drug-likeness (QED) is 0.278. The van der Waals surface area contributed by atoms with Gasteiger partial charge in [0.15, 0.2) is 11.8 Å². The van der Waals surface area contributed by atoms with E-state index in [0.717, 1.165) is 49.9 Å². The number of anilines is 1. The predicted octanol–water partition coefficient (Wildman–Crippen LogP) is 3.35. The van der Waals surface area contributed by atoms with Gasteiger partial charge in [-0.05, 0) is 61.5 Å². The second kappa shape index (κ2) is 15.1. The number of sulfonamides is 1. The van der Waals surface area contributed by atoms with Gasteiger partial charge < -0.3 is 34.4 Å². The van der Waals surface area contributed by atoms with Crippen LogP contribution in [-0.2, 0) is 31.6 Å². The number of fused-ring (bicyclic) bond motifs is 1. The lowest BCUT2D eigenvalue weighted by Crippen LogP contribution is -2.69. The van der Waals surface area contributed by atoms with Gasteiger partial charge in [0.25, 0.3) is 15.9 Å². The second-order valence-electron chi connectivity index (χ2n) is 14.2. The zero-order valence-electron chi connectivity index (χ0n) is 31.0. The molecule has 0 aliphatic carbocycles. The van der Waals surface area contributed by atoms with Gasteiger partial charge in [-0.15, -0.1) is 13.2 Å². The number of aliphatic hydroxyl groups excluding tert-OH is 1. The minimum atomic E-state index is -5.32. The smallest absolute Gasteiger partial charge is 0.497 e. The van der Waals surface area contributed by atoms with E-state index in [2.05, 4.69) is 26.9 Å². The minimum Gasteiger partial charge on any atom is -0.497 e. The zero-order chi connectivity index (χ0) is 40.1. The van der Waals surface area contributed by atoms with Crippen molar-refractivity contribution in [2.75, 3.05) is 78.9 Å². The van der Waals surface area contributed by atoms with Gasteiger partial charge in [0.05, 0.1) is 38.1 Å². The number of quaternary nitrogens is 1. The summed E-state index contributed by atoms with van der Waals surface area (Å²) in [7, 11) is 2.36. The van der Waals surface area contributed by atoms with Gasteiger partial charge in [-0.3, -0.25) is 14.1 Å². The van der Waals surface area contributed by atoms with Gasteiger partial charge >= 0.3 is 12.3 Å². The van der Waals surface area contributed by atoms with Gasteiger partial charge in [0, 0.05) is 57.3 Å². The fourth-order valence-corrected chi connectivity index (χ4v) is 10.1. The maximum absolute atomic E-state index is 15.8. The summed E-state index contributed by atoms with van der Waals surface area (Å²) < 4.78 is 86.1. The van der Waals surface area contributed by atoms with Crippen LogP contribution < -0.4 is 23.8 Å². The normalized spacial score (nSPS) is 24.8. The maximum Gasteiger partial charge on any atom is 0.573 e. The molecule has 2 N–H and O–H groups in total. The van der Waals surface area contributed by atoms with E-state index < -0.39 is 61.0 Å². The molecule has 3 aliphatic rings. The summed E-state index contributed by atoms with van der Waals surface area (Å²) in [6, 6.07) is 10.9. The number of aliphatic hydroxyl groups is 1. The monoisotopic (exact) mass is 810 g/mol. The number of hydrogen-bond acceptors (Lipinski definition) is 10. The van der Waals surface area contributed by atoms with Crippen molar-refractivity contribution in [2.45, 2.75) is 41.8 Å². The number of alkyl halides is 3. The topological polar surface area (TPSA) is 138 Å². The number of carbonyl (C=O) groups excluding carboxylic acids is 2. The van der Waals surface area contributed by atoms with Gasteiger partial charge in [-0.2, -0.15) is 4.31 Å². The van der Waals surface area contributed by atoms with Crippen molar-refractivity contribution in [3.8, 4) is 17.2 Å². The van der Waals surface area contributed by atoms with E-state index in [1.165, 1.54) is 39.5 Å². The zero-order valence-corrected chi connectivity index (χ0v) is 32.6. The van der Waals surface area contributed by atoms with E-state index in [1.54, 1.807) is 19.2 Å². The van der Waals surface area contributed by atoms with Crippen molar-refractivity contribution in [1.29, 1.82) is 0 Å². The molecule has 55 heavy (non-hydrogen) atoms. The van der Waals surface area contributed by atoms with E-state index in [4.69, 9.17) is 21.1 Å². The van der Waals surface area contributed by atoms with Crippen molar-refractivity contribution < 1.29 is 55.0 Å². The number of halogens is 4. The Balaban J connectivity index is 1.63. The summed E-state index contributed by atoms with van der Waals surface area (Å²) in [5.41, 5.74) is -1.39. The van der Waals surface area contributed by atoms with E-state index >= 15 is 4.79 Å². The summed E-state index contributed by atoms with van der Waals surface area (Å²) in [5, 5.41) is 14.0. The van der Waals surface area contributed by atoms with Crippen LogP contribution in [0.1, 0.15) is 23.1 Å². The van der Waals surface area contributed by atoms with Gasteiger partial charge in [0.2, 0.25) is 5.54 Å². The lowest BCUT2D eigenvalue weighted by atomic mass is 9.78. The Kier molecular flexibility index (Phi) is 11.1. The molecule has 3 aromatic carbocycles. The van der Waals surface area contributed by atoms with Crippen molar-refractivity contribution in [2.24, 2.45) is 0 Å². The Morgan fingerprint density at radius 3 is 2.36 bits per heavy atom. The highest BCUT2D eigenvalue weighted by atomic mass is 35.5. The number of rotatable bonds is 11. The molecule has 18 heteroatoms. The molecule has 0 aromatic heterocycles. The molecule has 298 valence electrons. The number of benzene rings is 3. The number of hydrogen-bond donors (Lipinski definition) is 2. The minimum absolute atomic E-state index is 0.0420. The van der Waals surface area contributed by atoms with Gasteiger partial charge in [0.1, 0.15) is 29.0 Å². The highest BCUT2D eigenvalue weighted by Crippen LogP contribution is 2.58. The average Bonchev–Trinajstić information content (AvgIpc) is 3.60. The van der Waals surface area contributed by atoms with Gasteiger partial charge in [-0.1, -0.05) is 17.7 Å². The van der Waals surface area contributed by atoms with E-state index in [0.29, 0.717) is 17.3 Å². The summed E-state index contributed by atoms with van der Waals surface area (Å²) in [4.78, 5) is 33.2. The number of ether oxygens (including phenoxy) is 3. The lowest BCUT2D eigenvalue weighted by Gasteiger charge is -2.48. The maximum atomic E-state index is 15.8. The molecule has 2 unspecified atom stereocenters. The number of amides is 2. The molecular formula is C37H44ClF3N5O8S+. The van der Waals surface area contributed by atoms with Crippen LogP contribution in [-0.4, -0.2) is 133 Å². The highest BCUT2D eigenvalue weighted by Gasteiger charge is 2.72. The molecule has 0 radical (unpaired) electrons. The molecule has 2 saturated heterocycles. The summed E-state index contributed by atoms with van der Waals surface area (Å²) in [6.45, 7) is 3.98. The molecule has 2 amide bonds. The summed E-state index contributed by atoms with van der Waals surface area (Å²) >= 11 is 6.64. The standard InChI is InChI=1S/C37H43ClF3N5O8S/c1-42-34(48)30-20-25(47)22-46(30,3)36(28-18-23(6-10-31(28)53-5)12-13-44-16-14-43(2)15-17-44)27-19-24(38)7-9-29(27)45(35(36)49)55(50,51)33-11-8-26(52-4)21-32(33)54-37(39,40)41/h6-11,18-19,21,25,30,47H,12-17,20,22H2,1-5H3/p+1/t25-,30+,36?,46?/m1/s1. The van der Waals surface area contributed by atoms with E-state index in [9.17, 15) is 31.5 Å². The fourth-order valence-electron chi connectivity index (χ4n) is 8.33. The average molecular weight is 811 g/mol. The third-order valence-corrected chi connectivity index (χ3v) is 13.0. The van der Waals surface area contributed by atoms with Crippen LogP contribution in [0.4, 0.5) is 18.9 Å².